The number of Topliss-reactive ketones (excluding diaryl/α,β-unsaturated/α-hetero) is 1. The molecule has 1 aromatic rings. The molecular formula is C11H16N2OS. The molecule has 0 saturated carbocycles. The fraction of sp³-hybridized carbons (Fsp3) is 0.545. The van der Waals surface area contributed by atoms with Gasteiger partial charge in [0.05, 0.1) is 5.75 Å². The van der Waals surface area contributed by atoms with Gasteiger partial charge in [-0.15, -0.1) is 0 Å². The molecule has 15 heavy (non-hydrogen) atoms. The van der Waals surface area contributed by atoms with E-state index in [-0.39, 0.29) is 11.2 Å². The van der Waals surface area contributed by atoms with Crippen LogP contribution in [0.2, 0.25) is 0 Å². The number of rotatable bonds is 3. The number of hydrogen-bond donors (Lipinski definition) is 0. The van der Waals surface area contributed by atoms with Crippen molar-refractivity contribution in [2.75, 3.05) is 5.75 Å². The van der Waals surface area contributed by atoms with E-state index in [1.165, 1.54) is 11.8 Å². The van der Waals surface area contributed by atoms with Gasteiger partial charge in [0.1, 0.15) is 5.78 Å². The van der Waals surface area contributed by atoms with Gasteiger partial charge in [-0.3, -0.25) is 4.79 Å². The minimum atomic E-state index is -0.280. The third-order valence-electron chi connectivity index (χ3n) is 1.93. The van der Waals surface area contributed by atoms with E-state index in [0.29, 0.717) is 10.9 Å². The second-order valence-corrected chi connectivity index (χ2v) is 5.45. The van der Waals surface area contributed by atoms with Crippen molar-refractivity contribution in [1.82, 2.24) is 9.97 Å². The first kappa shape index (κ1) is 12.2. The maximum Gasteiger partial charge on any atom is 0.187 e. The highest BCUT2D eigenvalue weighted by Crippen LogP contribution is 2.20. The number of hydrogen-bond acceptors (Lipinski definition) is 4. The Hall–Kier alpha value is -0.900. The largest absolute Gasteiger partial charge is 0.298 e. The van der Waals surface area contributed by atoms with Gasteiger partial charge in [-0.25, -0.2) is 9.97 Å². The fourth-order valence-electron chi connectivity index (χ4n) is 0.802. The average molecular weight is 224 g/mol. The first-order chi connectivity index (χ1) is 6.89. The van der Waals surface area contributed by atoms with Gasteiger partial charge in [0.15, 0.2) is 5.16 Å². The summed E-state index contributed by atoms with van der Waals surface area (Å²) in [6.07, 6.45) is 3.52. The lowest BCUT2D eigenvalue weighted by atomic mass is 9.92. The lowest BCUT2D eigenvalue weighted by Gasteiger charge is -2.15. The van der Waals surface area contributed by atoms with E-state index in [0.717, 1.165) is 5.56 Å². The summed E-state index contributed by atoms with van der Waals surface area (Å²) < 4.78 is 0. The molecule has 0 N–H and O–H groups in total. The quantitative estimate of drug-likeness (QED) is 0.584. The van der Waals surface area contributed by atoms with Crippen molar-refractivity contribution >= 4 is 17.5 Å². The molecule has 0 saturated heterocycles. The van der Waals surface area contributed by atoms with Crippen LogP contribution < -0.4 is 0 Å². The Morgan fingerprint density at radius 1 is 1.33 bits per heavy atom. The molecule has 0 aliphatic heterocycles. The van der Waals surface area contributed by atoms with Crippen LogP contribution in [0.1, 0.15) is 26.3 Å². The maximum atomic E-state index is 11.6. The van der Waals surface area contributed by atoms with Crippen molar-refractivity contribution in [3.05, 3.63) is 18.0 Å². The predicted molar refractivity (Wildman–Crippen MR) is 62.0 cm³/mol. The molecule has 4 heteroatoms. The zero-order valence-corrected chi connectivity index (χ0v) is 10.4. The van der Waals surface area contributed by atoms with Gasteiger partial charge >= 0.3 is 0 Å². The van der Waals surface area contributed by atoms with E-state index in [9.17, 15) is 4.79 Å². The van der Waals surface area contributed by atoms with E-state index >= 15 is 0 Å². The van der Waals surface area contributed by atoms with Gasteiger partial charge < -0.3 is 0 Å². The SMILES string of the molecule is Cc1cnc(SCC(=O)C(C)(C)C)nc1. The molecule has 3 nitrogen and oxygen atoms in total. The molecule has 1 aromatic heterocycles. The van der Waals surface area contributed by atoms with E-state index < -0.39 is 0 Å². The molecule has 0 aliphatic carbocycles. The van der Waals surface area contributed by atoms with Gasteiger partial charge in [0, 0.05) is 17.8 Å². The highest BCUT2D eigenvalue weighted by atomic mass is 32.2. The molecule has 1 rings (SSSR count). The molecule has 0 aliphatic rings. The first-order valence-corrected chi connectivity index (χ1v) is 5.83. The van der Waals surface area contributed by atoms with Crippen LogP contribution >= 0.6 is 11.8 Å². The van der Waals surface area contributed by atoms with Crippen LogP contribution in [-0.2, 0) is 4.79 Å². The molecule has 0 spiro atoms. The van der Waals surface area contributed by atoms with E-state index in [1.807, 2.05) is 27.7 Å². The topological polar surface area (TPSA) is 42.9 Å². The molecule has 0 aromatic carbocycles. The third kappa shape index (κ3) is 4.00. The van der Waals surface area contributed by atoms with Crippen molar-refractivity contribution in [1.29, 1.82) is 0 Å². The Morgan fingerprint density at radius 2 is 1.87 bits per heavy atom. The molecule has 82 valence electrons. The summed E-state index contributed by atoms with van der Waals surface area (Å²) in [6.45, 7) is 7.71. The van der Waals surface area contributed by atoms with Crippen LogP contribution in [0, 0.1) is 12.3 Å². The molecule has 0 fully saturated rings. The molecule has 1 heterocycles. The van der Waals surface area contributed by atoms with Crippen LogP contribution in [0.3, 0.4) is 0 Å². The number of ketones is 1. The Morgan fingerprint density at radius 3 is 2.33 bits per heavy atom. The molecule has 0 radical (unpaired) electrons. The zero-order valence-electron chi connectivity index (χ0n) is 9.57. The van der Waals surface area contributed by atoms with Crippen LogP contribution in [0.4, 0.5) is 0 Å². The lowest BCUT2D eigenvalue weighted by molar-refractivity contribution is -0.123. The van der Waals surface area contributed by atoms with E-state index in [4.69, 9.17) is 0 Å². The summed E-state index contributed by atoms with van der Waals surface area (Å²) in [6, 6.07) is 0. The Kier molecular flexibility index (Phi) is 3.85. The van der Waals surface area contributed by atoms with E-state index in [2.05, 4.69) is 9.97 Å². The van der Waals surface area contributed by atoms with Crippen LogP contribution in [-0.4, -0.2) is 21.5 Å². The number of carbonyl (C=O) groups excluding carboxylic acids is 1. The van der Waals surface area contributed by atoms with Gasteiger partial charge in [0.2, 0.25) is 0 Å². The number of aryl methyl sites for hydroxylation is 1. The lowest BCUT2D eigenvalue weighted by Crippen LogP contribution is -2.22. The molecule has 0 atom stereocenters. The van der Waals surface area contributed by atoms with Gasteiger partial charge in [-0.1, -0.05) is 32.5 Å². The van der Waals surface area contributed by atoms with E-state index in [1.54, 1.807) is 12.4 Å². The van der Waals surface area contributed by atoms with Crippen LogP contribution in [0.15, 0.2) is 17.6 Å². The fourth-order valence-corrected chi connectivity index (χ4v) is 1.75. The van der Waals surface area contributed by atoms with Gasteiger partial charge in [-0.2, -0.15) is 0 Å². The summed E-state index contributed by atoms with van der Waals surface area (Å²) in [5.74, 6) is 0.656. The summed E-state index contributed by atoms with van der Waals surface area (Å²) in [5.41, 5.74) is 0.749. The average Bonchev–Trinajstić information content (AvgIpc) is 2.15. The standard InChI is InChI=1S/C11H16N2OS/c1-8-5-12-10(13-6-8)15-7-9(14)11(2,3)4/h5-6H,7H2,1-4H3. The summed E-state index contributed by atoms with van der Waals surface area (Å²) in [7, 11) is 0. The third-order valence-corrected chi connectivity index (χ3v) is 2.80. The maximum absolute atomic E-state index is 11.6. The minimum absolute atomic E-state index is 0.219. The van der Waals surface area contributed by atoms with Gasteiger partial charge in [0.25, 0.3) is 0 Å². The van der Waals surface area contributed by atoms with Crippen LogP contribution in [0.25, 0.3) is 0 Å². The monoisotopic (exact) mass is 224 g/mol. The van der Waals surface area contributed by atoms with Crippen molar-refractivity contribution in [3.8, 4) is 0 Å². The Labute approximate surface area is 94.7 Å². The summed E-state index contributed by atoms with van der Waals surface area (Å²) in [4.78, 5) is 19.9. The Bertz CT molecular complexity index is 341. The molecule has 0 amide bonds. The highest BCUT2D eigenvalue weighted by molar-refractivity contribution is 7.99. The summed E-state index contributed by atoms with van der Waals surface area (Å²) in [5, 5.41) is 0.665. The number of aromatic nitrogens is 2. The number of thioether (sulfide) groups is 1. The smallest absolute Gasteiger partial charge is 0.187 e. The van der Waals surface area contributed by atoms with Crippen molar-refractivity contribution in [3.63, 3.8) is 0 Å². The van der Waals surface area contributed by atoms with Gasteiger partial charge in [-0.05, 0) is 12.5 Å². The van der Waals surface area contributed by atoms with Crippen molar-refractivity contribution < 1.29 is 4.79 Å². The first-order valence-electron chi connectivity index (χ1n) is 4.84. The minimum Gasteiger partial charge on any atom is -0.298 e. The number of carbonyl (C=O) groups is 1. The number of nitrogens with zero attached hydrogens (tertiary/aromatic N) is 2. The highest BCUT2D eigenvalue weighted by Gasteiger charge is 2.21. The molecular weight excluding hydrogens is 208 g/mol. The summed E-state index contributed by atoms with van der Waals surface area (Å²) >= 11 is 1.39. The van der Waals surface area contributed by atoms with Crippen molar-refractivity contribution in [2.24, 2.45) is 5.41 Å². The normalized spacial score (nSPS) is 11.5. The van der Waals surface area contributed by atoms with Crippen LogP contribution in [0.5, 0.6) is 0 Å². The second kappa shape index (κ2) is 4.75. The molecule has 0 unspecified atom stereocenters. The zero-order chi connectivity index (χ0) is 11.5. The second-order valence-electron chi connectivity index (χ2n) is 4.50. The predicted octanol–water partition coefficient (Wildman–Crippen LogP) is 2.49. The Balaban J connectivity index is 2.51. The molecule has 0 bridgehead atoms. The van der Waals surface area contributed by atoms with Crippen molar-refractivity contribution in [2.45, 2.75) is 32.9 Å².